The highest BCUT2D eigenvalue weighted by atomic mass is 16.6. The normalized spacial score (nSPS) is 12.3. The van der Waals surface area contributed by atoms with Gasteiger partial charge in [-0.15, -0.1) is 0 Å². The van der Waals surface area contributed by atoms with E-state index in [9.17, 15) is 14.4 Å². The van der Waals surface area contributed by atoms with E-state index < -0.39 is 6.10 Å². The summed E-state index contributed by atoms with van der Waals surface area (Å²) in [5, 5.41) is 0. The molecule has 1 atom stereocenters. The van der Waals surface area contributed by atoms with Crippen molar-refractivity contribution in [2.75, 3.05) is 13.2 Å². The Labute approximate surface area is 448 Å². The smallest absolute Gasteiger partial charge is 0.306 e. The molecule has 0 aromatic carbocycles. The summed E-state index contributed by atoms with van der Waals surface area (Å²) >= 11 is 0. The minimum absolute atomic E-state index is 0.0756. The summed E-state index contributed by atoms with van der Waals surface area (Å²) < 4.78 is 16.9. The van der Waals surface area contributed by atoms with Gasteiger partial charge < -0.3 is 14.2 Å². The third-order valence-corrected chi connectivity index (χ3v) is 14.0. The fourth-order valence-electron chi connectivity index (χ4n) is 9.23. The largest absolute Gasteiger partial charge is 0.462 e. The SMILES string of the molecule is CCCCC/C=C\C/C=C\CCCCCCCCCCCC(=O)OC(COC(=O)CCCCCCC/C=C\CCCCC)COC(=O)CCCCCCCCCCCCC/C=C\CCCCCCCCCC. The maximum absolute atomic E-state index is 12.9. The molecule has 0 saturated heterocycles. The van der Waals surface area contributed by atoms with Gasteiger partial charge in [-0.3, -0.25) is 14.4 Å². The number of ether oxygens (including phenoxy) is 3. The van der Waals surface area contributed by atoms with Crippen molar-refractivity contribution >= 4 is 17.9 Å². The fourth-order valence-corrected chi connectivity index (χ4v) is 9.23. The molecule has 0 saturated carbocycles. The van der Waals surface area contributed by atoms with Gasteiger partial charge in [0.25, 0.3) is 0 Å². The standard InChI is InChI=1S/C66H120O6/c1-4-7-10-13-16-19-22-25-27-29-31-32-33-34-36-37-39-41-44-47-50-53-56-59-65(68)71-62-63(61-70-64(67)58-55-52-49-46-43-24-21-18-15-12-9-6-3)72-66(69)60-57-54-51-48-45-42-40-38-35-30-28-26-23-20-17-14-11-8-5-2/h17-18,20-21,26,28-29,31,63H,4-16,19,22-25,27,30,32-62H2,1-3H3/b20-17-,21-18-,28-26-,31-29-. The van der Waals surface area contributed by atoms with Crippen LogP contribution in [0.25, 0.3) is 0 Å². The quantitative estimate of drug-likeness (QED) is 0.0261. The van der Waals surface area contributed by atoms with Gasteiger partial charge in [0.2, 0.25) is 0 Å². The minimum Gasteiger partial charge on any atom is -0.462 e. The average molecular weight is 1010 g/mol. The van der Waals surface area contributed by atoms with Gasteiger partial charge >= 0.3 is 17.9 Å². The van der Waals surface area contributed by atoms with Gasteiger partial charge in [-0.05, 0) is 103 Å². The molecule has 0 radical (unpaired) electrons. The highest BCUT2D eigenvalue weighted by molar-refractivity contribution is 5.71. The number of hydrogen-bond donors (Lipinski definition) is 0. The Hall–Kier alpha value is -2.63. The van der Waals surface area contributed by atoms with Gasteiger partial charge in [-0.2, -0.15) is 0 Å². The van der Waals surface area contributed by atoms with Crippen LogP contribution in [0.4, 0.5) is 0 Å². The lowest BCUT2D eigenvalue weighted by molar-refractivity contribution is -0.167. The number of carbonyl (C=O) groups is 3. The van der Waals surface area contributed by atoms with E-state index in [0.717, 1.165) is 70.6 Å². The van der Waals surface area contributed by atoms with Gasteiger partial charge in [0.1, 0.15) is 13.2 Å². The van der Waals surface area contributed by atoms with E-state index >= 15 is 0 Å². The molecule has 0 aliphatic heterocycles. The number of allylic oxidation sites excluding steroid dienone is 8. The van der Waals surface area contributed by atoms with Crippen molar-refractivity contribution in [3.05, 3.63) is 48.6 Å². The summed E-state index contributed by atoms with van der Waals surface area (Å²) in [6.45, 7) is 6.62. The molecule has 0 bridgehead atoms. The van der Waals surface area contributed by atoms with Crippen LogP contribution in [0.5, 0.6) is 0 Å². The third-order valence-electron chi connectivity index (χ3n) is 14.0. The lowest BCUT2D eigenvalue weighted by Crippen LogP contribution is -2.30. The minimum atomic E-state index is -0.778. The first-order valence-electron chi connectivity index (χ1n) is 31.6. The molecule has 0 rings (SSSR count). The monoisotopic (exact) mass is 1010 g/mol. The van der Waals surface area contributed by atoms with Crippen LogP contribution < -0.4 is 0 Å². The van der Waals surface area contributed by atoms with E-state index in [1.54, 1.807) is 0 Å². The average Bonchev–Trinajstić information content (AvgIpc) is 3.38. The molecular formula is C66H120O6. The molecule has 0 aromatic heterocycles. The maximum atomic E-state index is 12.9. The second kappa shape index (κ2) is 60.9. The molecule has 420 valence electrons. The molecule has 1 unspecified atom stereocenters. The Balaban J connectivity index is 4.28. The molecular weight excluding hydrogens is 889 g/mol. The molecule has 0 fully saturated rings. The summed E-state index contributed by atoms with van der Waals surface area (Å²) in [7, 11) is 0. The molecule has 0 spiro atoms. The number of hydrogen-bond acceptors (Lipinski definition) is 6. The number of unbranched alkanes of at least 4 members (excludes halogenated alkanes) is 39. The van der Waals surface area contributed by atoms with Crippen LogP contribution >= 0.6 is 0 Å². The molecule has 0 heterocycles. The van der Waals surface area contributed by atoms with Gasteiger partial charge in [0, 0.05) is 19.3 Å². The number of carbonyl (C=O) groups excluding carboxylic acids is 3. The first kappa shape index (κ1) is 69.4. The topological polar surface area (TPSA) is 78.9 Å². The molecule has 0 N–H and O–H groups in total. The lowest BCUT2D eigenvalue weighted by atomic mass is 10.0. The molecule has 6 heteroatoms. The van der Waals surface area contributed by atoms with E-state index in [2.05, 4.69) is 69.4 Å². The van der Waals surface area contributed by atoms with E-state index in [-0.39, 0.29) is 31.1 Å². The summed E-state index contributed by atoms with van der Waals surface area (Å²) in [5.41, 5.74) is 0. The van der Waals surface area contributed by atoms with Gasteiger partial charge in [-0.1, -0.05) is 262 Å². The van der Waals surface area contributed by atoms with E-state index in [4.69, 9.17) is 14.2 Å². The van der Waals surface area contributed by atoms with Crippen LogP contribution in [0.1, 0.15) is 335 Å². The number of esters is 3. The summed E-state index contributed by atoms with van der Waals surface area (Å²) in [6.07, 6.45) is 75.4. The van der Waals surface area contributed by atoms with Crippen molar-refractivity contribution in [2.24, 2.45) is 0 Å². The Morgan fingerprint density at radius 1 is 0.278 bits per heavy atom. The van der Waals surface area contributed by atoms with Crippen molar-refractivity contribution in [1.29, 1.82) is 0 Å². The second-order valence-electron chi connectivity index (χ2n) is 21.3. The zero-order valence-electron chi connectivity index (χ0n) is 48.2. The van der Waals surface area contributed by atoms with Crippen molar-refractivity contribution in [3.8, 4) is 0 Å². The Morgan fingerprint density at radius 3 is 0.806 bits per heavy atom. The highest BCUT2D eigenvalue weighted by Crippen LogP contribution is 2.17. The van der Waals surface area contributed by atoms with Crippen LogP contribution in [-0.2, 0) is 28.6 Å². The first-order valence-corrected chi connectivity index (χ1v) is 31.6. The Morgan fingerprint density at radius 2 is 0.500 bits per heavy atom. The molecule has 0 aromatic rings. The zero-order chi connectivity index (χ0) is 52.2. The molecule has 72 heavy (non-hydrogen) atoms. The molecule has 0 aliphatic rings. The molecule has 0 aliphatic carbocycles. The summed E-state index contributed by atoms with van der Waals surface area (Å²) in [6, 6.07) is 0. The fraction of sp³-hybridized carbons (Fsp3) is 0.833. The Bertz CT molecular complexity index is 1250. The summed E-state index contributed by atoms with van der Waals surface area (Å²) in [5.74, 6) is -0.873. The van der Waals surface area contributed by atoms with Crippen LogP contribution in [0.2, 0.25) is 0 Å². The third kappa shape index (κ3) is 58.3. The molecule has 0 amide bonds. The highest BCUT2D eigenvalue weighted by Gasteiger charge is 2.19. The van der Waals surface area contributed by atoms with Crippen LogP contribution in [0.3, 0.4) is 0 Å². The van der Waals surface area contributed by atoms with E-state index in [1.165, 1.54) is 225 Å². The van der Waals surface area contributed by atoms with Gasteiger partial charge in [0.05, 0.1) is 0 Å². The van der Waals surface area contributed by atoms with Gasteiger partial charge in [-0.25, -0.2) is 0 Å². The van der Waals surface area contributed by atoms with Crippen LogP contribution in [0.15, 0.2) is 48.6 Å². The predicted molar refractivity (Wildman–Crippen MR) is 312 cm³/mol. The zero-order valence-corrected chi connectivity index (χ0v) is 48.2. The van der Waals surface area contributed by atoms with Crippen molar-refractivity contribution in [2.45, 2.75) is 341 Å². The predicted octanol–water partition coefficient (Wildman–Crippen LogP) is 21.4. The van der Waals surface area contributed by atoms with Crippen LogP contribution in [0, 0.1) is 0 Å². The van der Waals surface area contributed by atoms with Crippen molar-refractivity contribution < 1.29 is 28.6 Å². The van der Waals surface area contributed by atoms with E-state index in [1.807, 2.05) is 0 Å². The lowest BCUT2D eigenvalue weighted by Gasteiger charge is -2.18. The van der Waals surface area contributed by atoms with Crippen LogP contribution in [-0.4, -0.2) is 37.2 Å². The summed E-state index contributed by atoms with van der Waals surface area (Å²) in [4.78, 5) is 38.2. The second-order valence-corrected chi connectivity index (χ2v) is 21.3. The van der Waals surface area contributed by atoms with Gasteiger partial charge in [0.15, 0.2) is 6.10 Å². The Kier molecular flexibility index (Phi) is 58.7. The number of rotatable bonds is 58. The van der Waals surface area contributed by atoms with E-state index in [0.29, 0.717) is 19.3 Å². The van der Waals surface area contributed by atoms with Crippen molar-refractivity contribution in [3.63, 3.8) is 0 Å². The van der Waals surface area contributed by atoms with Crippen molar-refractivity contribution in [1.82, 2.24) is 0 Å². The maximum Gasteiger partial charge on any atom is 0.306 e. The molecule has 6 nitrogen and oxygen atoms in total. The first-order chi connectivity index (χ1) is 35.5.